The summed E-state index contributed by atoms with van der Waals surface area (Å²) >= 11 is 1.23. The molecule has 17 heavy (non-hydrogen) atoms. The number of carboxylic acid groups (broad SMARTS) is 1. The Bertz CT molecular complexity index is 510. The van der Waals surface area contributed by atoms with Gasteiger partial charge in [0.05, 0.1) is 0 Å². The highest BCUT2D eigenvalue weighted by molar-refractivity contribution is 8.00. The number of nitrogens with zero attached hydrogens (tertiary/aromatic N) is 2. The lowest BCUT2D eigenvalue weighted by atomic mass is 10.3. The molecule has 5 heteroatoms. The molecular formula is C12H12N2O2S. The number of para-hydroxylation sites is 1. The molecule has 1 atom stereocenters. The number of carboxylic acids is 1. The van der Waals surface area contributed by atoms with E-state index in [4.69, 9.17) is 5.11 Å². The van der Waals surface area contributed by atoms with Gasteiger partial charge in [0.2, 0.25) is 0 Å². The van der Waals surface area contributed by atoms with Gasteiger partial charge in [0.25, 0.3) is 0 Å². The molecule has 4 nitrogen and oxygen atoms in total. The van der Waals surface area contributed by atoms with Crippen molar-refractivity contribution in [2.45, 2.75) is 17.3 Å². The molecule has 1 aromatic carbocycles. The summed E-state index contributed by atoms with van der Waals surface area (Å²) in [4.78, 5) is 15.0. The highest BCUT2D eigenvalue weighted by Gasteiger charge is 2.16. The largest absolute Gasteiger partial charge is 0.480 e. The lowest BCUT2D eigenvalue weighted by molar-refractivity contribution is -0.136. The number of aliphatic carboxylic acids is 1. The Morgan fingerprint density at radius 2 is 2.12 bits per heavy atom. The van der Waals surface area contributed by atoms with E-state index in [1.807, 2.05) is 41.1 Å². The normalized spacial score (nSPS) is 12.3. The molecule has 0 aliphatic heterocycles. The fourth-order valence-electron chi connectivity index (χ4n) is 1.37. The smallest absolute Gasteiger partial charge is 0.316 e. The molecule has 0 spiro atoms. The standard InChI is InChI=1S/C12H12N2O2S/c1-9(11(15)16)17-12-13-7-8-14(12)10-5-3-2-4-6-10/h2-9H,1H3,(H,15,16)/t9-/m0/s1. The third-order valence-electron chi connectivity index (χ3n) is 2.27. The third kappa shape index (κ3) is 2.68. The van der Waals surface area contributed by atoms with Crippen molar-refractivity contribution in [1.29, 1.82) is 0 Å². The van der Waals surface area contributed by atoms with Crippen molar-refractivity contribution in [2.75, 3.05) is 0 Å². The minimum atomic E-state index is -0.836. The maximum Gasteiger partial charge on any atom is 0.316 e. The maximum atomic E-state index is 10.8. The molecule has 1 heterocycles. The Hall–Kier alpha value is -1.75. The molecule has 0 saturated heterocycles. The van der Waals surface area contributed by atoms with Crippen LogP contribution >= 0.6 is 11.8 Å². The average Bonchev–Trinajstić information content (AvgIpc) is 2.78. The van der Waals surface area contributed by atoms with Gasteiger partial charge in [-0.2, -0.15) is 0 Å². The van der Waals surface area contributed by atoms with Crippen LogP contribution in [-0.4, -0.2) is 25.9 Å². The van der Waals surface area contributed by atoms with Crippen molar-refractivity contribution >= 4 is 17.7 Å². The van der Waals surface area contributed by atoms with Crippen molar-refractivity contribution < 1.29 is 9.90 Å². The summed E-state index contributed by atoms with van der Waals surface area (Å²) in [5.74, 6) is -0.836. The van der Waals surface area contributed by atoms with Crippen LogP contribution in [0.3, 0.4) is 0 Å². The summed E-state index contributed by atoms with van der Waals surface area (Å²) in [7, 11) is 0. The van der Waals surface area contributed by atoms with E-state index in [2.05, 4.69) is 4.98 Å². The van der Waals surface area contributed by atoms with Crippen LogP contribution in [0.5, 0.6) is 0 Å². The van der Waals surface area contributed by atoms with Crippen LogP contribution < -0.4 is 0 Å². The number of rotatable bonds is 4. The van der Waals surface area contributed by atoms with E-state index >= 15 is 0 Å². The molecule has 0 bridgehead atoms. The Morgan fingerprint density at radius 3 is 2.76 bits per heavy atom. The van der Waals surface area contributed by atoms with Crippen LogP contribution in [0.1, 0.15) is 6.92 Å². The highest BCUT2D eigenvalue weighted by atomic mass is 32.2. The van der Waals surface area contributed by atoms with Crippen molar-refractivity contribution in [1.82, 2.24) is 9.55 Å². The number of hydrogen-bond acceptors (Lipinski definition) is 3. The first kappa shape index (κ1) is 11.7. The molecule has 0 fully saturated rings. The van der Waals surface area contributed by atoms with Crippen LogP contribution in [0.25, 0.3) is 5.69 Å². The van der Waals surface area contributed by atoms with Gasteiger partial charge in [-0.25, -0.2) is 4.98 Å². The maximum absolute atomic E-state index is 10.8. The molecule has 1 N–H and O–H groups in total. The first-order chi connectivity index (χ1) is 8.18. The van der Waals surface area contributed by atoms with Crippen molar-refractivity contribution in [3.63, 3.8) is 0 Å². The van der Waals surface area contributed by atoms with Gasteiger partial charge >= 0.3 is 5.97 Å². The molecule has 0 unspecified atom stereocenters. The van der Waals surface area contributed by atoms with Crippen molar-refractivity contribution in [2.24, 2.45) is 0 Å². The zero-order valence-corrected chi connectivity index (χ0v) is 10.1. The van der Waals surface area contributed by atoms with Gasteiger partial charge in [-0.3, -0.25) is 9.36 Å². The van der Waals surface area contributed by atoms with Gasteiger partial charge in [0.1, 0.15) is 5.25 Å². The minimum absolute atomic E-state index is 0.514. The number of benzene rings is 1. The predicted molar refractivity (Wildman–Crippen MR) is 66.5 cm³/mol. The predicted octanol–water partition coefficient (Wildman–Crippen LogP) is 2.44. The summed E-state index contributed by atoms with van der Waals surface area (Å²) in [6.07, 6.45) is 3.50. The number of imidazole rings is 1. The van der Waals surface area contributed by atoms with Gasteiger partial charge in [0, 0.05) is 18.1 Å². The third-order valence-corrected chi connectivity index (χ3v) is 3.34. The average molecular weight is 248 g/mol. The highest BCUT2D eigenvalue weighted by Crippen LogP contribution is 2.24. The van der Waals surface area contributed by atoms with E-state index in [9.17, 15) is 4.79 Å². The molecule has 0 saturated carbocycles. The molecular weight excluding hydrogens is 236 g/mol. The second-order valence-corrected chi connectivity index (χ2v) is 4.82. The molecule has 2 rings (SSSR count). The zero-order chi connectivity index (χ0) is 12.3. The fourth-order valence-corrected chi connectivity index (χ4v) is 2.19. The summed E-state index contributed by atoms with van der Waals surface area (Å²) < 4.78 is 1.88. The van der Waals surface area contributed by atoms with Crippen LogP contribution in [0.4, 0.5) is 0 Å². The first-order valence-corrected chi connectivity index (χ1v) is 6.04. The molecule has 0 aliphatic carbocycles. The van der Waals surface area contributed by atoms with Crippen LogP contribution in [-0.2, 0) is 4.79 Å². The summed E-state index contributed by atoms with van der Waals surface area (Å²) in [5, 5.41) is 9.06. The Morgan fingerprint density at radius 1 is 1.41 bits per heavy atom. The zero-order valence-electron chi connectivity index (χ0n) is 9.28. The van der Waals surface area contributed by atoms with E-state index in [1.165, 1.54) is 11.8 Å². The molecule has 2 aromatic rings. The number of aromatic nitrogens is 2. The Kier molecular flexibility index (Phi) is 3.49. The van der Waals surface area contributed by atoms with Crippen LogP contribution in [0, 0.1) is 0 Å². The van der Waals surface area contributed by atoms with Gasteiger partial charge in [-0.1, -0.05) is 30.0 Å². The van der Waals surface area contributed by atoms with Gasteiger partial charge in [-0.05, 0) is 19.1 Å². The fraction of sp³-hybridized carbons (Fsp3) is 0.167. The molecule has 0 amide bonds. The number of carbonyl (C=O) groups is 1. The lowest BCUT2D eigenvalue weighted by Crippen LogP contribution is -2.12. The van der Waals surface area contributed by atoms with E-state index in [0.717, 1.165) is 5.69 Å². The van der Waals surface area contributed by atoms with Gasteiger partial charge < -0.3 is 5.11 Å². The van der Waals surface area contributed by atoms with E-state index in [-0.39, 0.29) is 0 Å². The van der Waals surface area contributed by atoms with Gasteiger partial charge in [-0.15, -0.1) is 0 Å². The Labute approximate surface area is 103 Å². The number of hydrogen-bond donors (Lipinski definition) is 1. The first-order valence-electron chi connectivity index (χ1n) is 5.16. The van der Waals surface area contributed by atoms with Crippen molar-refractivity contribution in [3.05, 3.63) is 42.7 Å². The summed E-state index contributed by atoms with van der Waals surface area (Å²) in [5.41, 5.74) is 0.977. The lowest BCUT2D eigenvalue weighted by Gasteiger charge is -2.09. The quantitative estimate of drug-likeness (QED) is 0.844. The van der Waals surface area contributed by atoms with Crippen LogP contribution in [0.2, 0.25) is 0 Å². The molecule has 0 aliphatic rings. The summed E-state index contributed by atoms with van der Waals surface area (Å²) in [6.45, 7) is 1.65. The number of thioether (sulfide) groups is 1. The second kappa shape index (κ2) is 5.05. The van der Waals surface area contributed by atoms with Gasteiger partial charge in [0.15, 0.2) is 5.16 Å². The van der Waals surface area contributed by atoms with Crippen LogP contribution in [0.15, 0.2) is 47.9 Å². The minimum Gasteiger partial charge on any atom is -0.480 e. The van der Waals surface area contributed by atoms with E-state index in [0.29, 0.717) is 5.16 Å². The van der Waals surface area contributed by atoms with Crippen molar-refractivity contribution in [3.8, 4) is 5.69 Å². The summed E-state index contributed by atoms with van der Waals surface area (Å²) in [6, 6.07) is 9.72. The SMILES string of the molecule is C[C@H](Sc1nccn1-c1ccccc1)C(=O)O. The van der Waals surface area contributed by atoms with E-state index in [1.54, 1.807) is 13.1 Å². The van der Waals surface area contributed by atoms with E-state index < -0.39 is 11.2 Å². The molecule has 0 radical (unpaired) electrons. The monoisotopic (exact) mass is 248 g/mol. The topological polar surface area (TPSA) is 55.1 Å². The second-order valence-electron chi connectivity index (χ2n) is 3.51. The molecule has 1 aromatic heterocycles. The molecule has 88 valence electrons. The Balaban J connectivity index is 2.26.